The number of benzene rings is 2. The van der Waals surface area contributed by atoms with Crippen LogP contribution in [0.3, 0.4) is 0 Å². The normalized spacial score (nSPS) is 13.5. The zero-order valence-corrected chi connectivity index (χ0v) is 14.6. The molecule has 0 spiro atoms. The largest absolute Gasteiger partial charge is 0.375 e. The van der Waals surface area contributed by atoms with Gasteiger partial charge < -0.3 is 14.2 Å². The van der Waals surface area contributed by atoms with Crippen molar-refractivity contribution in [2.24, 2.45) is 0 Å². The Morgan fingerprint density at radius 2 is 1.77 bits per heavy atom. The molecule has 5 heteroatoms. The molecule has 1 aromatic heterocycles. The maximum Gasteiger partial charge on any atom is 0.248 e. The molecule has 26 heavy (non-hydrogen) atoms. The summed E-state index contributed by atoms with van der Waals surface area (Å²) in [4.78, 5) is 13.9. The number of hydrogen-bond donors (Lipinski definition) is 0. The maximum absolute atomic E-state index is 12.1. The maximum atomic E-state index is 12.1. The van der Waals surface area contributed by atoms with E-state index in [1.54, 1.807) is 4.90 Å². The Balaban J connectivity index is 1.60. The summed E-state index contributed by atoms with van der Waals surface area (Å²) >= 11 is 0. The summed E-state index contributed by atoms with van der Waals surface area (Å²) in [6.07, 6.45) is 0.680. The first kappa shape index (κ1) is 16.5. The van der Waals surface area contributed by atoms with E-state index in [0.29, 0.717) is 19.5 Å². The molecule has 132 valence electrons. The highest BCUT2D eigenvalue weighted by Crippen LogP contribution is 2.31. The fourth-order valence-corrected chi connectivity index (χ4v) is 3.31. The number of carbonyl (C=O) groups excluding carboxylic acids is 1. The molecular weight excluding hydrogens is 328 g/mol. The molecule has 0 N–H and O–H groups in total. The molecule has 1 aliphatic heterocycles. The molecule has 0 saturated carbocycles. The molecule has 2 heterocycles. The van der Waals surface area contributed by atoms with Gasteiger partial charge in [-0.3, -0.25) is 4.79 Å². The molecule has 3 aromatic rings. The van der Waals surface area contributed by atoms with E-state index in [0.717, 1.165) is 28.1 Å². The zero-order valence-electron chi connectivity index (χ0n) is 14.6. The van der Waals surface area contributed by atoms with Crippen molar-refractivity contribution in [3.05, 3.63) is 65.9 Å². The van der Waals surface area contributed by atoms with Gasteiger partial charge >= 0.3 is 0 Å². The molecule has 4 rings (SSSR count). The van der Waals surface area contributed by atoms with E-state index in [-0.39, 0.29) is 12.5 Å². The van der Waals surface area contributed by atoms with Gasteiger partial charge in [-0.15, -0.1) is 0 Å². The molecule has 0 radical (unpaired) electrons. The summed E-state index contributed by atoms with van der Waals surface area (Å²) in [7, 11) is 1.53. The number of amides is 1. The fraction of sp³-hybridized carbons (Fsp3) is 0.238. The van der Waals surface area contributed by atoms with Gasteiger partial charge in [-0.25, -0.2) is 0 Å². The average Bonchev–Trinajstić information content (AvgIpc) is 3.12. The predicted octanol–water partition coefficient (Wildman–Crippen LogP) is 3.54. The van der Waals surface area contributed by atoms with Gasteiger partial charge in [-0.1, -0.05) is 59.8 Å². The van der Waals surface area contributed by atoms with Crippen LogP contribution in [0.2, 0.25) is 0 Å². The third-order valence-corrected chi connectivity index (χ3v) is 4.71. The first-order chi connectivity index (χ1) is 12.8. The van der Waals surface area contributed by atoms with Crippen LogP contribution in [0.1, 0.15) is 11.3 Å². The highest BCUT2D eigenvalue weighted by molar-refractivity contribution is 5.78. The van der Waals surface area contributed by atoms with E-state index in [9.17, 15) is 4.79 Å². The number of carbonyl (C=O) groups is 1. The van der Waals surface area contributed by atoms with Gasteiger partial charge in [-0.2, -0.15) is 0 Å². The lowest BCUT2D eigenvalue weighted by atomic mass is 9.99. The van der Waals surface area contributed by atoms with Crippen molar-refractivity contribution in [2.45, 2.75) is 13.0 Å². The molecule has 0 saturated heterocycles. The van der Waals surface area contributed by atoms with Crippen LogP contribution < -0.4 is 0 Å². The van der Waals surface area contributed by atoms with Crippen molar-refractivity contribution < 1.29 is 14.1 Å². The SMILES string of the molecule is COCC(=O)N1CCc2onc(-c3ccc(-c4ccccc4)cc3)c2C1. The fourth-order valence-electron chi connectivity index (χ4n) is 3.31. The number of ether oxygens (including phenoxy) is 1. The Morgan fingerprint density at radius 3 is 2.50 bits per heavy atom. The van der Waals surface area contributed by atoms with E-state index in [1.807, 2.05) is 18.2 Å². The van der Waals surface area contributed by atoms with Crippen molar-refractivity contribution in [3.8, 4) is 22.4 Å². The van der Waals surface area contributed by atoms with Crippen LogP contribution in [0.4, 0.5) is 0 Å². The number of methoxy groups -OCH3 is 1. The molecule has 0 aliphatic carbocycles. The molecule has 1 amide bonds. The Morgan fingerprint density at radius 1 is 1.08 bits per heavy atom. The van der Waals surface area contributed by atoms with Crippen LogP contribution in [-0.4, -0.2) is 36.2 Å². The number of hydrogen-bond acceptors (Lipinski definition) is 4. The lowest BCUT2D eigenvalue weighted by Gasteiger charge is -2.26. The first-order valence-electron chi connectivity index (χ1n) is 8.66. The summed E-state index contributed by atoms with van der Waals surface area (Å²) in [6.45, 7) is 1.25. The van der Waals surface area contributed by atoms with Gasteiger partial charge in [0.2, 0.25) is 5.91 Å². The predicted molar refractivity (Wildman–Crippen MR) is 98.4 cm³/mol. The summed E-state index contributed by atoms with van der Waals surface area (Å²) in [5, 5.41) is 4.27. The minimum atomic E-state index is -0.00951. The number of nitrogens with zero attached hydrogens (tertiary/aromatic N) is 2. The molecule has 0 fully saturated rings. The summed E-state index contributed by atoms with van der Waals surface area (Å²) in [5.74, 6) is 0.860. The standard InChI is InChI=1S/C21H20N2O3/c1-25-14-20(24)23-12-11-19-18(13-23)21(22-26-19)17-9-7-16(8-10-17)15-5-3-2-4-6-15/h2-10H,11-14H2,1H3. The Kier molecular flexibility index (Phi) is 4.54. The minimum absolute atomic E-state index is 0.00951. The smallest absolute Gasteiger partial charge is 0.248 e. The number of aromatic nitrogens is 1. The van der Waals surface area contributed by atoms with Crippen LogP contribution in [0.25, 0.3) is 22.4 Å². The highest BCUT2D eigenvalue weighted by atomic mass is 16.5. The summed E-state index contributed by atoms with van der Waals surface area (Å²) in [6, 6.07) is 18.5. The van der Waals surface area contributed by atoms with Gasteiger partial charge in [0.15, 0.2) is 0 Å². The second-order valence-electron chi connectivity index (χ2n) is 6.37. The Hall–Kier alpha value is -2.92. The van der Waals surface area contributed by atoms with E-state index < -0.39 is 0 Å². The quantitative estimate of drug-likeness (QED) is 0.724. The first-order valence-corrected chi connectivity index (χ1v) is 8.66. The topological polar surface area (TPSA) is 55.6 Å². The lowest BCUT2D eigenvalue weighted by molar-refractivity contribution is -0.136. The van der Waals surface area contributed by atoms with Crippen LogP contribution >= 0.6 is 0 Å². The van der Waals surface area contributed by atoms with E-state index in [1.165, 1.54) is 12.7 Å². The van der Waals surface area contributed by atoms with E-state index >= 15 is 0 Å². The Bertz CT molecular complexity index is 901. The third-order valence-electron chi connectivity index (χ3n) is 4.71. The molecule has 5 nitrogen and oxygen atoms in total. The average molecular weight is 348 g/mol. The van der Waals surface area contributed by atoms with Crippen molar-refractivity contribution in [1.82, 2.24) is 10.1 Å². The zero-order chi connectivity index (χ0) is 17.9. The highest BCUT2D eigenvalue weighted by Gasteiger charge is 2.27. The molecule has 2 aromatic carbocycles. The van der Waals surface area contributed by atoms with E-state index in [2.05, 4.69) is 41.6 Å². The minimum Gasteiger partial charge on any atom is -0.375 e. The lowest BCUT2D eigenvalue weighted by Crippen LogP contribution is -2.37. The van der Waals surface area contributed by atoms with Gasteiger partial charge in [-0.05, 0) is 11.1 Å². The monoisotopic (exact) mass is 348 g/mol. The Labute approximate surface area is 152 Å². The van der Waals surface area contributed by atoms with Gasteiger partial charge in [0.05, 0.1) is 6.54 Å². The van der Waals surface area contributed by atoms with E-state index in [4.69, 9.17) is 9.26 Å². The van der Waals surface area contributed by atoms with Crippen molar-refractivity contribution in [3.63, 3.8) is 0 Å². The van der Waals surface area contributed by atoms with Gasteiger partial charge in [0.25, 0.3) is 0 Å². The van der Waals surface area contributed by atoms with Crippen molar-refractivity contribution >= 4 is 5.91 Å². The summed E-state index contributed by atoms with van der Waals surface area (Å²) in [5.41, 5.74) is 5.14. The summed E-state index contributed by atoms with van der Waals surface area (Å²) < 4.78 is 10.5. The second kappa shape index (κ2) is 7.14. The third kappa shape index (κ3) is 3.13. The molecule has 0 atom stereocenters. The molecule has 0 bridgehead atoms. The molecular formula is C21H20N2O3. The molecule has 1 aliphatic rings. The van der Waals surface area contributed by atoms with Crippen molar-refractivity contribution in [1.29, 1.82) is 0 Å². The van der Waals surface area contributed by atoms with Crippen LogP contribution in [-0.2, 0) is 22.5 Å². The van der Waals surface area contributed by atoms with Gasteiger partial charge in [0.1, 0.15) is 18.1 Å². The van der Waals surface area contributed by atoms with Crippen LogP contribution in [0, 0.1) is 0 Å². The van der Waals surface area contributed by atoms with Crippen molar-refractivity contribution in [2.75, 3.05) is 20.3 Å². The van der Waals surface area contributed by atoms with Crippen LogP contribution in [0.5, 0.6) is 0 Å². The molecule has 0 unspecified atom stereocenters. The second-order valence-corrected chi connectivity index (χ2v) is 6.37. The van der Waals surface area contributed by atoms with Crippen LogP contribution in [0.15, 0.2) is 59.1 Å². The number of fused-ring (bicyclic) bond motifs is 1. The van der Waals surface area contributed by atoms with Gasteiger partial charge in [0, 0.05) is 31.2 Å². The number of rotatable bonds is 4.